The van der Waals surface area contributed by atoms with Gasteiger partial charge in [-0.1, -0.05) is 18.2 Å². The molecule has 138 valence electrons. The molecule has 5 heteroatoms. The van der Waals surface area contributed by atoms with Crippen molar-refractivity contribution in [3.63, 3.8) is 0 Å². The SMILES string of the molecule is CN1CCN(Cc2ccccc2Oc2ccc3c(c2)C[C@H](CN)O3)CC1. The van der Waals surface area contributed by atoms with E-state index in [0.717, 1.165) is 56.4 Å². The Morgan fingerprint density at radius 3 is 2.73 bits per heavy atom. The van der Waals surface area contributed by atoms with Crippen molar-refractivity contribution in [3.05, 3.63) is 53.6 Å². The van der Waals surface area contributed by atoms with Crippen LogP contribution < -0.4 is 15.2 Å². The maximum atomic E-state index is 6.24. The van der Waals surface area contributed by atoms with E-state index in [4.69, 9.17) is 15.2 Å². The first-order chi connectivity index (χ1) is 12.7. The molecule has 0 aromatic heterocycles. The molecule has 1 saturated heterocycles. The number of nitrogens with zero attached hydrogens (tertiary/aromatic N) is 2. The number of hydrogen-bond acceptors (Lipinski definition) is 5. The molecule has 1 fully saturated rings. The lowest BCUT2D eigenvalue weighted by atomic mass is 10.1. The van der Waals surface area contributed by atoms with Crippen LogP contribution in [0, 0.1) is 0 Å². The molecule has 0 bridgehead atoms. The Labute approximate surface area is 155 Å². The summed E-state index contributed by atoms with van der Waals surface area (Å²) in [5.41, 5.74) is 8.13. The number of piperazine rings is 1. The van der Waals surface area contributed by atoms with Gasteiger partial charge in [0.1, 0.15) is 23.4 Å². The van der Waals surface area contributed by atoms with Gasteiger partial charge in [-0.15, -0.1) is 0 Å². The topological polar surface area (TPSA) is 51.0 Å². The Morgan fingerprint density at radius 2 is 1.92 bits per heavy atom. The van der Waals surface area contributed by atoms with Gasteiger partial charge in [0.15, 0.2) is 0 Å². The number of benzene rings is 2. The lowest BCUT2D eigenvalue weighted by Gasteiger charge is -2.32. The summed E-state index contributed by atoms with van der Waals surface area (Å²) in [6.07, 6.45) is 0.941. The molecule has 5 nitrogen and oxygen atoms in total. The second-order valence-electron chi connectivity index (χ2n) is 7.24. The van der Waals surface area contributed by atoms with Gasteiger partial charge in [-0.05, 0) is 31.3 Å². The number of rotatable bonds is 5. The number of hydrogen-bond donors (Lipinski definition) is 1. The Kier molecular flexibility index (Phi) is 5.11. The maximum Gasteiger partial charge on any atom is 0.131 e. The predicted molar refractivity (Wildman–Crippen MR) is 103 cm³/mol. The van der Waals surface area contributed by atoms with Gasteiger partial charge < -0.3 is 20.1 Å². The van der Waals surface area contributed by atoms with Gasteiger partial charge in [0, 0.05) is 56.8 Å². The van der Waals surface area contributed by atoms with Gasteiger partial charge >= 0.3 is 0 Å². The van der Waals surface area contributed by atoms with Gasteiger partial charge in [-0.25, -0.2) is 0 Å². The summed E-state index contributed by atoms with van der Waals surface area (Å²) < 4.78 is 12.0. The second-order valence-corrected chi connectivity index (χ2v) is 7.24. The third-order valence-corrected chi connectivity index (χ3v) is 5.23. The summed E-state index contributed by atoms with van der Waals surface area (Å²) in [5.74, 6) is 2.72. The third-order valence-electron chi connectivity index (χ3n) is 5.23. The van der Waals surface area contributed by atoms with Gasteiger partial charge in [-0.3, -0.25) is 4.90 Å². The van der Waals surface area contributed by atoms with Crippen molar-refractivity contribution in [1.82, 2.24) is 9.80 Å². The van der Waals surface area contributed by atoms with Crippen LogP contribution in [-0.2, 0) is 13.0 Å². The van der Waals surface area contributed by atoms with Crippen molar-refractivity contribution in [3.8, 4) is 17.2 Å². The van der Waals surface area contributed by atoms with Crippen molar-refractivity contribution in [1.29, 1.82) is 0 Å². The van der Waals surface area contributed by atoms with Crippen molar-refractivity contribution in [2.45, 2.75) is 19.1 Å². The number of likely N-dealkylation sites (N-methyl/N-ethyl adjacent to an activating group) is 1. The van der Waals surface area contributed by atoms with E-state index in [1.807, 2.05) is 18.2 Å². The van der Waals surface area contributed by atoms with E-state index in [1.54, 1.807) is 0 Å². The highest BCUT2D eigenvalue weighted by Crippen LogP contribution is 2.34. The molecule has 1 atom stereocenters. The van der Waals surface area contributed by atoms with Crippen molar-refractivity contribution in [2.24, 2.45) is 5.73 Å². The lowest BCUT2D eigenvalue weighted by Crippen LogP contribution is -2.43. The second kappa shape index (κ2) is 7.66. The zero-order valence-corrected chi connectivity index (χ0v) is 15.4. The number of para-hydroxylation sites is 1. The summed E-state index contributed by atoms with van der Waals surface area (Å²) in [7, 11) is 2.18. The standard InChI is InChI=1S/C21H27N3O2/c1-23-8-10-24(11-9-23)15-16-4-2-3-5-20(16)25-18-6-7-21-17(12-18)13-19(14-22)26-21/h2-7,12,19H,8-11,13-15,22H2,1H3/t19-/m1/s1. The Morgan fingerprint density at radius 1 is 1.12 bits per heavy atom. The van der Waals surface area contributed by atoms with Crippen molar-refractivity contribution in [2.75, 3.05) is 39.8 Å². The van der Waals surface area contributed by atoms with Crippen LogP contribution >= 0.6 is 0 Å². The lowest BCUT2D eigenvalue weighted by molar-refractivity contribution is 0.147. The van der Waals surface area contributed by atoms with Gasteiger partial charge in [-0.2, -0.15) is 0 Å². The number of ether oxygens (including phenoxy) is 2. The molecular weight excluding hydrogens is 326 g/mol. The van der Waals surface area contributed by atoms with Crippen LogP contribution in [0.15, 0.2) is 42.5 Å². The third kappa shape index (κ3) is 3.85. The first-order valence-electron chi connectivity index (χ1n) is 9.37. The minimum Gasteiger partial charge on any atom is -0.488 e. The summed E-state index contributed by atoms with van der Waals surface area (Å²) >= 11 is 0. The fourth-order valence-electron chi connectivity index (χ4n) is 3.60. The summed E-state index contributed by atoms with van der Waals surface area (Å²) in [6, 6.07) is 14.4. The van der Waals surface area contributed by atoms with Gasteiger partial charge in [0.25, 0.3) is 0 Å². The highest BCUT2D eigenvalue weighted by atomic mass is 16.5. The Hall–Kier alpha value is -2.08. The summed E-state index contributed by atoms with van der Waals surface area (Å²) in [6.45, 7) is 5.90. The molecule has 2 aliphatic rings. The average molecular weight is 353 g/mol. The van der Waals surface area contributed by atoms with E-state index < -0.39 is 0 Å². The quantitative estimate of drug-likeness (QED) is 0.895. The molecule has 2 heterocycles. The monoisotopic (exact) mass is 353 g/mol. The van der Waals surface area contributed by atoms with E-state index in [9.17, 15) is 0 Å². The molecule has 0 unspecified atom stereocenters. The zero-order valence-electron chi connectivity index (χ0n) is 15.4. The molecule has 2 aromatic carbocycles. The molecule has 0 aliphatic carbocycles. The van der Waals surface area contributed by atoms with Gasteiger partial charge in [0.05, 0.1) is 0 Å². The molecular formula is C21H27N3O2. The fourth-order valence-corrected chi connectivity index (χ4v) is 3.60. The normalized spacial score (nSPS) is 20.6. The Bertz CT molecular complexity index is 757. The van der Waals surface area contributed by atoms with Crippen LogP contribution in [0.2, 0.25) is 0 Å². The fraction of sp³-hybridized carbons (Fsp3) is 0.429. The van der Waals surface area contributed by atoms with E-state index in [2.05, 4.69) is 41.1 Å². The highest BCUT2D eigenvalue weighted by molar-refractivity contribution is 5.45. The minimum atomic E-state index is 0.0877. The number of fused-ring (bicyclic) bond motifs is 1. The zero-order chi connectivity index (χ0) is 17.9. The highest BCUT2D eigenvalue weighted by Gasteiger charge is 2.22. The smallest absolute Gasteiger partial charge is 0.131 e. The molecule has 0 radical (unpaired) electrons. The number of nitrogens with two attached hydrogens (primary N) is 1. The minimum absolute atomic E-state index is 0.0877. The van der Waals surface area contributed by atoms with Crippen molar-refractivity contribution >= 4 is 0 Å². The average Bonchev–Trinajstić information content (AvgIpc) is 3.08. The molecule has 2 aliphatic heterocycles. The largest absolute Gasteiger partial charge is 0.488 e. The van der Waals surface area contributed by atoms with Gasteiger partial charge in [0.2, 0.25) is 0 Å². The molecule has 0 amide bonds. The van der Waals surface area contributed by atoms with E-state index in [-0.39, 0.29) is 6.10 Å². The first-order valence-corrected chi connectivity index (χ1v) is 9.37. The maximum absolute atomic E-state index is 6.24. The van der Waals surface area contributed by atoms with Crippen LogP contribution in [-0.4, -0.2) is 55.7 Å². The van der Waals surface area contributed by atoms with E-state index in [1.165, 1.54) is 11.1 Å². The molecule has 4 rings (SSSR count). The van der Waals surface area contributed by atoms with Crippen molar-refractivity contribution < 1.29 is 9.47 Å². The molecule has 2 aromatic rings. The predicted octanol–water partition coefficient (Wildman–Crippen LogP) is 2.49. The molecule has 2 N–H and O–H groups in total. The molecule has 26 heavy (non-hydrogen) atoms. The van der Waals surface area contributed by atoms with E-state index >= 15 is 0 Å². The van der Waals surface area contributed by atoms with Crippen LogP contribution in [0.4, 0.5) is 0 Å². The molecule has 0 saturated carbocycles. The van der Waals surface area contributed by atoms with E-state index in [0.29, 0.717) is 6.54 Å². The first kappa shape index (κ1) is 17.3. The van der Waals surface area contributed by atoms with Crippen LogP contribution in [0.5, 0.6) is 17.2 Å². The molecule has 0 spiro atoms. The van der Waals surface area contributed by atoms with Crippen LogP contribution in [0.3, 0.4) is 0 Å². The van der Waals surface area contributed by atoms with Crippen LogP contribution in [0.1, 0.15) is 11.1 Å². The summed E-state index contributed by atoms with van der Waals surface area (Å²) in [4.78, 5) is 4.87. The van der Waals surface area contributed by atoms with Crippen LogP contribution in [0.25, 0.3) is 0 Å². The summed E-state index contributed by atoms with van der Waals surface area (Å²) in [5, 5.41) is 0. The Balaban J connectivity index is 1.47.